The Morgan fingerprint density at radius 1 is 1.39 bits per heavy atom. The van der Waals surface area contributed by atoms with E-state index >= 15 is 0 Å². The highest BCUT2D eigenvalue weighted by Gasteiger charge is 2.40. The summed E-state index contributed by atoms with van der Waals surface area (Å²) in [5, 5.41) is 9.14. The minimum Gasteiger partial charge on any atom is -0.480 e. The first kappa shape index (κ1) is 14.8. The van der Waals surface area contributed by atoms with Crippen LogP contribution in [0, 0.1) is 0 Å². The summed E-state index contributed by atoms with van der Waals surface area (Å²) in [6.45, 7) is 7.49. The van der Waals surface area contributed by atoms with E-state index in [-0.39, 0.29) is 12.6 Å². The molecule has 2 atom stereocenters. The molecule has 0 aromatic carbocycles. The van der Waals surface area contributed by atoms with Crippen LogP contribution in [0.2, 0.25) is 0 Å². The first-order valence-corrected chi connectivity index (χ1v) is 6.08. The van der Waals surface area contributed by atoms with E-state index in [2.05, 4.69) is 0 Å². The number of carboxylic acids is 1. The van der Waals surface area contributed by atoms with Crippen molar-refractivity contribution >= 4 is 12.1 Å². The molecule has 6 heteroatoms. The number of carbonyl (C=O) groups excluding carboxylic acids is 1. The molecule has 1 N–H and O–H groups in total. The summed E-state index contributed by atoms with van der Waals surface area (Å²) in [7, 11) is 0. The van der Waals surface area contributed by atoms with Crippen molar-refractivity contribution in [3.8, 4) is 0 Å². The van der Waals surface area contributed by atoms with Gasteiger partial charge >= 0.3 is 12.1 Å². The highest BCUT2D eigenvalue weighted by molar-refractivity contribution is 5.80. The van der Waals surface area contributed by atoms with Crippen molar-refractivity contribution < 1.29 is 24.2 Å². The van der Waals surface area contributed by atoms with E-state index < -0.39 is 23.7 Å². The quantitative estimate of drug-likeness (QED) is 0.813. The lowest BCUT2D eigenvalue weighted by molar-refractivity contribution is -0.152. The largest absolute Gasteiger partial charge is 0.480 e. The highest BCUT2D eigenvalue weighted by atomic mass is 16.6. The van der Waals surface area contributed by atoms with Gasteiger partial charge in [0.05, 0.1) is 19.3 Å². The maximum absolute atomic E-state index is 12.1. The van der Waals surface area contributed by atoms with Gasteiger partial charge in [-0.2, -0.15) is 0 Å². The second-order valence-corrected chi connectivity index (χ2v) is 5.34. The molecule has 18 heavy (non-hydrogen) atoms. The zero-order chi connectivity index (χ0) is 13.9. The molecule has 0 radical (unpaired) electrons. The molecule has 6 nitrogen and oxygen atoms in total. The SMILES string of the molecule is CC[C@@H]1COC[C@H](C(=O)O)N1C(=O)OC(C)(C)C. The van der Waals surface area contributed by atoms with Gasteiger partial charge in [0, 0.05) is 0 Å². The number of rotatable bonds is 2. The normalized spacial score (nSPS) is 24.8. The van der Waals surface area contributed by atoms with E-state index in [4.69, 9.17) is 14.6 Å². The smallest absolute Gasteiger partial charge is 0.411 e. The van der Waals surface area contributed by atoms with Gasteiger partial charge in [0.1, 0.15) is 5.60 Å². The summed E-state index contributed by atoms with van der Waals surface area (Å²) in [5.41, 5.74) is -0.642. The van der Waals surface area contributed by atoms with Crippen molar-refractivity contribution in [1.29, 1.82) is 0 Å². The van der Waals surface area contributed by atoms with Crippen molar-refractivity contribution in [2.24, 2.45) is 0 Å². The molecule has 104 valence electrons. The lowest BCUT2D eigenvalue weighted by Crippen LogP contribution is -2.58. The fourth-order valence-corrected chi connectivity index (χ4v) is 1.83. The molecule has 1 heterocycles. The number of carbonyl (C=O) groups is 2. The van der Waals surface area contributed by atoms with Crippen LogP contribution in [0.3, 0.4) is 0 Å². The predicted octanol–water partition coefficient (Wildman–Crippen LogP) is 1.49. The molecule has 0 saturated carbocycles. The Kier molecular flexibility index (Phi) is 4.56. The monoisotopic (exact) mass is 259 g/mol. The summed E-state index contributed by atoms with van der Waals surface area (Å²) in [4.78, 5) is 24.5. The number of nitrogens with zero attached hydrogens (tertiary/aromatic N) is 1. The summed E-state index contributed by atoms with van der Waals surface area (Å²) < 4.78 is 10.5. The number of hydrogen-bond donors (Lipinski definition) is 1. The van der Waals surface area contributed by atoms with E-state index in [1.807, 2.05) is 6.92 Å². The fraction of sp³-hybridized carbons (Fsp3) is 0.833. The van der Waals surface area contributed by atoms with Gasteiger partial charge < -0.3 is 14.6 Å². The Hall–Kier alpha value is -1.30. The van der Waals surface area contributed by atoms with Gasteiger partial charge in [-0.3, -0.25) is 4.90 Å². The summed E-state index contributed by atoms with van der Waals surface area (Å²) >= 11 is 0. The van der Waals surface area contributed by atoms with Gasteiger partial charge in [-0.15, -0.1) is 0 Å². The van der Waals surface area contributed by atoms with Crippen LogP contribution in [0.4, 0.5) is 4.79 Å². The average molecular weight is 259 g/mol. The minimum atomic E-state index is -1.07. The maximum Gasteiger partial charge on any atom is 0.411 e. The number of aliphatic carboxylic acids is 1. The lowest BCUT2D eigenvalue weighted by Gasteiger charge is -2.39. The van der Waals surface area contributed by atoms with E-state index in [9.17, 15) is 9.59 Å². The second-order valence-electron chi connectivity index (χ2n) is 5.34. The number of ether oxygens (including phenoxy) is 2. The summed E-state index contributed by atoms with van der Waals surface area (Å²) in [5.74, 6) is -1.07. The number of morpholine rings is 1. The van der Waals surface area contributed by atoms with Crippen LogP contribution in [0.25, 0.3) is 0 Å². The molecule has 0 aliphatic carbocycles. The molecule has 1 fully saturated rings. The Morgan fingerprint density at radius 2 is 2.00 bits per heavy atom. The number of amides is 1. The third-order valence-electron chi connectivity index (χ3n) is 2.68. The van der Waals surface area contributed by atoms with Gasteiger partial charge in [-0.05, 0) is 27.2 Å². The van der Waals surface area contributed by atoms with Crippen molar-refractivity contribution in [2.75, 3.05) is 13.2 Å². The molecule has 1 amide bonds. The van der Waals surface area contributed by atoms with Gasteiger partial charge in [0.2, 0.25) is 0 Å². The molecule has 0 unspecified atom stereocenters. The van der Waals surface area contributed by atoms with Gasteiger partial charge in [0.15, 0.2) is 6.04 Å². The Labute approximate surface area is 107 Å². The van der Waals surface area contributed by atoms with Crippen LogP contribution in [0.15, 0.2) is 0 Å². The van der Waals surface area contributed by atoms with Gasteiger partial charge in [-0.25, -0.2) is 9.59 Å². The zero-order valence-electron chi connectivity index (χ0n) is 11.3. The molecule has 0 aromatic rings. The van der Waals surface area contributed by atoms with Crippen LogP contribution < -0.4 is 0 Å². The number of carboxylic acid groups (broad SMARTS) is 1. The summed E-state index contributed by atoms with van der Waals surface area (Å²) in [6, 6.07) is -1.23. The molecule has 0 spiro atoms. The van der Waals surface area contributed by atoms with Crippen LogP contribution in [0.5, 0.6) is 0 Å². The van der Waals surface area contributed by atoms with Gasteiger partial charge in [-0.1, -0.05) is 6.92 Å². The molecule has 1 rings (SSSR count). The molecule has 1 aliphatic rings. The fourth-order valence-electron chi connectivity index (χ4n) is 1.83. The van der Waals surface area contributed by atoms with E-state index in [1.54, 1.807) is 20.8 Å². The van der Waals surface area contributed by atoms with Crippen molar-refractivity contribution in [3.63, 3.8) is 0 Å². The first-order valence-electron chi connectivity index (χ1n) is 6.08. The Balaban J connectivity index is 2.88. The van der Waals surface area contributed by atoms with Crippen molar-refractivity contribution in [3.05, 3.63) is 0 Å². The second kappa shape index (κ2) is 5.56. The van der Waals surface area contributed by atoms with Crippen LogP contribution in [-0.2, 0) is 14.3 Å². The molecular formula is C12H21NO5. The van der Waals surface area contributed by atoms with Crippen molar-refractivity contribution in [2.45, 2.75) is 51.8 Å². The van der Waals surface area contributed by atoms with E-state index in [0.717, 1.165) is 0 Å². The molecular weight excluding hydrogens is 238 g/mol. The maximum atomic E-state index is 12.1. The Bertz CT molecular complexity index is 323. The highest BCUT2D eigenvalue weighted by Crippen LogP contribution is 2.20. The predicted molar refractivity (Wildman–Crippen MR) is 64.4 cm³/mol. The van der Waals surface area contributed by atoms with Crippen molar-refractivity contribution in [1.82, 2.24) is 4.90 Å². The van der Waals surface area contributed by atoms with Crippen LogP contribution >= 0.6 is 0 Å². The summed E-state index contributed by atoms with van der Waals surface area (Å²) in [6.07, 6.45) is 0.0355. The minimum absolute atomic E-state index is 0.00504. The van der Waals surface area contributed by atoms with Crippen LogP contribution in [-0.4, -0.2) is 53.0 Å². The Morgan fingerprint density at radius 3 is 2.44 bits per heavy atom. The molecule has 0 aromatic heterocycles. The number of hydrogen-bond acceptors (Lipinski definition) is 4. The third-order valence-corrected chi connectivity index (χ3v) is 2.68. The standard InChI is InChI=1S/C12H21NO5/c1-5-8-6-17-7-9(10(14)15)13(8)11(16)18-12(2,3)4/h8-9H,5-7H2,1-4H3,(H,14,15)/t8-,9-/m1/s1. The molecule has 0 bridgehead atoms. The van der Waals surface area contributed by atoms with Crippen LogP contribution in [0.1, 0.15) is 34.1 Å². The first-order chi connectivity index (χ1) is 8.26. The lowest BCUT2D eigenvalue weighted by atomic mass is 10.1. The topological polar surface area (TPSA) is 76.1 Å². The van der Waals surface area contributed by atoms with Gasteiger partial charge in [0.25, 0.3) is 0 Å². The average Bonchev–Trinajstić information content (AvgIpc) is 2.25. The molecule has 1 saturated heterocycles. The van der Waals surface area contributed by atoms with E-state index in [1.165, 1.54) is 4.90 Å². The third kappa shape index (κ3) is 3.60. The molecule has 1 aliphatic heterocycles. The van der Waals surface area contributed by atoms with E-state index in [0.29, 0.717) is 13.0 Å². The zero-order valence-corrected chi connectivity index (χ0v) is 11.3.